The predicted molar refractivity (Wildman–Crippen MR) is 111 cm³/mol. The van der Waals surface area contributed by atoms with E-state index in [0.29, 0.717) is 0 Å². The lowest BCUT2D eigenvalue weighted by Gasteiger charge is -2.11. The van der Waals surface area contributed by atoms with Crippen molar-refractivity contribution < 1.29 is 0 Å². The van der Waals surface area contributed by atoms with Crippen molar-refractivity contribution in [2.75, 3.05) is 13.6 Å². The zero-order valence-electron chi connectivity index (χ0n) is 15.2. The molecule has 0 saturated heterocycles. The van der Waals surface area contributed by atoms with Crippen LogP contribution in [0, 0.1) is 6.92 Å². The largest absolute Gasteiger partial charge is 0.356 e. The number of aromatic nitrogens is 1. The van der Waals surface area contributed by atoms with Crippen molar-refractivity contribution in [1.82, 2.24) is 15.6 Å². The second-order valence-electron chi connectivity index (χ2n) is 5.98. The van der Waals surface area contributed by atoms with Crippen molar-refractivity contribution in [2.24, 2.45) is 4.99 Å². The second kappa shape index (κ2) is 9.15. The number of hydrogen-bond acceptors (Lipinski definition) is 3. The number of benzene rings is 2. The Morgan fingerprint density at radius 3 is 2.38 bits per heavy atom. The molecule has 4 nitrogen and oxygen atoms in total. The number of aliphatic imine (C=N–C) groups is 1. The Morgan fingerprint density at radius 1 is 1.00 bits per heavy atom. The minimum absolute atomic E-state index is 0.724. The smallest absolute Gasteiger partial charge is 0.191 e. The van der Waals surface area contributed by atoms with Crippen LogP contribution in [0.15, 0.2) is 65.7 Å². The summed E-state index contributed by atoms with van der Waals surface area (Å²) in [5, 5.41) is 7.82. The van der Waals surface area contributed by atoms with Gasteiger partial charge in [-0.3, -0.25) is 4.99 Å². The van der Waals surface area contributed by atoms with E-state index in [1.54, 1.807) is 18.4 Å². The van der Waals surface area contributed by atoms with E-state index in [0.717, 1.165) is 41.7 Å². The van der Waals surface area contributed by atoms with Gasteiger partial charge in [-0.05, 0) is 18.9 Å². The quantitative estimate of drug-likeness (QED) is 0.513. The van der Waals surface area contributed by atoms with Gasteiger partial charge in [0.05, 0.1) is 12.2 Å². The van der Waals surface area contributed by atoms with Gasteiger partial charge in [-0.1, -0.05) is 60.7 Å². The van der Waals surface area contributed by atoms with Gasteiger partial charge in [0, 0.05) is 24.0 Å². The molecule has 0 aliphatic carbocycles. The van der Waals surface area contributed by atoms with Gasteiger partial charge < -0.3 is 10.6 Å². The molecule has 0 amide bonds. The average molecular weight is 365 g/mol. The maximum absolute atomic E-state index is 4.70. The summed E-state index contributed by atoms with van der Waals surface area (Å²) >= 11 is 1.73. The molecule has 134 valence electrons. The zero-order chi connectivity index (χ0) is 18.2. The number of nitrogens with one attached hydrogen (secondary N) is 2. The predicted octanol–water partition coefficient (Wildman–Crippen LogP) is 4.03. The molecule has 0 bridgehead atoms. The van der Waals surface area contributed by atoms with E-state index in [9.17, 15) is 0 Å². The molecular weight excluding hydrogens is 340 g/mol. The number of guanidine groups is 1. The van der Waals surface area contributed by atoms with Gasteiger partial charge in [0.1, 0.15) is 5.01 Å². The number of rotatable bonds is 6. The standard InChI is InChI=1S/C21H24N4S/c1-16-19(26-20(25-16)18-11-7-4-8-12-18)15-24-21(22-2)23-14-13-17-9-5-3-6-10-17/h3-12H,13-15H2,1-2H3,(H2,22,23,24). The maximum atomic E-state index is 4.70. The van der Waals surface area contributed by atoms with Crippen LogP contribution in [-0.2, 0) is 13.0 Å². The van der Waals surface area contributed by atoms with E-state index in [4.69, 9.17) is 4.98 Å². The van der Waals surface area contributed by atoms with Gasteiger partial charge in [-0.2, -0.15) is 0 Å². The summed E-state index contributed by atoms with van der Waals surface area (Å²) < 4.78 is 0. The number of hydrogen-bond donors (Lipinski definition) is 2. The van der Waals surface area contributed by atoms with Crippen molar-refractivity contribution >= 4 is 17.3 Å². The third-order valence-electron chi connectivity index (χ3n) is 4.10. The molecule has 0 saturated carbocycles. The highest BCUT2D eigenvalue weighted by atomic mass is 32.1. The number of thiazole rings is 1. The van der Waals surface area contributed by atoms with Gasteiger partial charge in [0.25, 0.3) is 0 Å². The van der Waals surface area contributed by atoms with E-state index in [1.165, 1.54) is 10.4 Å². The molecule has 3 rings (SSSR count). The van der Waals surface area contributed by atoms with Crippen molar-refractivity contribution in [2.45, 2.75) is 19.9 Å². The fourth-order valence-electron chi connectivity index (χ4n) is 2.65. The Hall–Kier alpha value is -2.66. The summed E-state index contributed by atoms with van der Waals surface area (Å²) in [4.78, 5) is 10.2. The molecule has 2 aromatic carbocycles. The minimum atomic E-state index is 0.724. The minimum Gasteiger partial charge on any atom is -0.356 e. The van der Waals surface area contributed by atoms with Crippen molar-refractivity contribution in [3.8, 4) is 10.6 Å². The zero-order valence-corrected chi connectivity index (χ0v) is 16.0. The lowest BCUT2D eigenvalue weighted by molar-refractivity contribution is 0.796. The van der Waals surface area contributed by atoms with Crippen LogP contribution in [0.4, 0.5) is 0 Å². The highest BCUT2D eigenvalue weighted by molar-refractivity contribution is 7.15. The summed E-state index contributed by atoms with van der Waals surface area (Å²) in [5.74, 6) is 0.815. The molecular formula is C21H24N4S. The first kappa shape index (κ1) is 18.1. The number of nitrogens with zero attached hydrogens (tertiary/aromatic N) is 2. The first-order chi connectivity index (χ1) is 12.8. The normalized spacial score (nSPS) is 11.4. The molecule has 1 aromatic heterocycles. The maximum Gasteiger partial charge on any atom is 0.191 e. The molecule has 0 fully saturated rings. The van der Waals surface area contributed by atoms with E-state index >= 15 is 0 Å². The van der Waals surface area contributed by atoms with E-state index in [1.807, 2.05) is 24.3 Å². The van der Waals surface area contributed by atoms with Gasteiger partial charge >= 0.3 is 0 Å². The Morgan fingerprint density at radius 2 is 1.69 bits per heavy atom. The molecule has 0 aliphatic rings. The molecule has 0 aliphatic heterocycles. The highest BCUT2D eigenvalue weighted by Gasteiger charge is 2.09. The van der Waals surface area contributed by atoms with Crippen molar-refractivity contribution in [3.05, 3.63) is 76.8 Å². The lowest BCUT2D eigenvalue weighted by atomic mass is 10.1. The second-order valence-corrected chi connectivity index (χ2v) is 7.07. The fraction of sp³-hybridized carbons (Fsp3) is 0.238. The van der Waals surface area contributed by atoms with Crippen LogP contribution < -0.4 is 10.6 Å². The van der Waals surface area contributed by atoms with E-state index in [2.05, 4.69) is 58.9 Å². The van der Waals surface area contributed by atoms with Crippen LogP contribution in [0.5, 0.6) is 0 Å². The SMILES string of the molecule is CN=C(NCCc1ccccc1)NCc1sc(-c2ccccc2)nc1C. The van der Waals surface area contributed by atoms with Crippen LogP contribution in [0.25, 0.3) is 10.6 Å². The lowest BCUT2D eigenvalue weighted by Crippen LogP contribution is -2.37. The molecule has 2 N–H and O–H groups in total. The van der Waals surface area contributed by atoms with Crippen LogP contribution in [0.3, 0.4) is 0 Å². The van der Waals surface area contributed by atoms with Gasteiger partial charge in [0.2, 0.25) is 0 Å². The topological polar surface area (TPSA) is 49.3 Å². The number of aryl methyl sites for hydroxylation is 1. The molecule has 26 heavy (non-hydrogen) atoms. The highest BCUT2D eigenvalue weighted by Crippen LogP contribution is 2.27. The molecule has 3 aromatic rings. The molecule has 0 radical (unpaired) electrons. The monoisotopic (exact) mass is 364 g/mol. The molecule has 5 heteroatoms. The van der Waals surface area contributed by atoms with Crippen LogP contribution in [0.2, 0.25) is 0 Å². The Kier molecular flexibility index (Phi) is 6.39. The van der Waals surface area contributed by atoms with Crippen LogP contribution in [0.1, 0.15) is 16.1 Å². The summed E-state index contributed by atoms with van der Waals surface area (Å²) in [6, 6.07) is 20.8. The Bertz CT molecular complexity index is 841. The summed E-state index contributed by atoms with van der Waals surface area (Å²) in [6.07, 6.45) is 0.972. The van der Waals surface area contributed by atoms with E-state index in [-0.39, 0.29) is 0 Å². The van der Waals surface area contributed by atoms with Crippen LogP contribution >= 0.6 is 11.3 Å². The molecule has 0 atom stereocenters. The summed E-state index contributed by atoms with van der Waals surface area (Å²) in [6.45, 7) is 3.63. The first-order valence-electron chi connectivity index (χ1n) is 8.76. The summed E-state index contributed by atoms with van der Waals surface area (Å²) in [5.41, 5.74) is 3.56. The fourth-order valence-corrected chi connectivity index (χ4v) is 3.66. The van der Waals surface area contributed by atoms with Crippen LogP contribution in [-0.4, -0.2) is 24.5 Å². The van der Waals surface area contributed by atoms with Crippen molar-refractivity contribution in [1.29, 1.82) is 0 Å². The van der Waals surface area contributed by atoms with Crippen molar-refractivity contribution in [3.63, 3.8) is 0 Å². The van der Waals surface area contributed by atoms with Gasteiger partial charge in [-0.25, -0.2) is 4.98 Å². The average Bonchev–Trinajstić information content (AvgIpc) is 3.07. The Balaban J connectivity index is 1.53. The third-order valence-corrected chi connectivity index (χ3v) is 5.31. The molecule has 0 unspecified atom stereocenters. The molecule has 0 spiro atoms. The Labute approximate surface area is 159 Å². The summed E-state index contributed by atoms with van der Waals surface area (Å²) in [7, 11) is 1.80. The van der Waals surface area contributed by atoms with Gasteiger partial charge in [-0.15, -0.1) is 11.3 Å². The first-order valence-corrected chi connectivity index (χ1v) is 9.58. The van der Waals surface area contributed by atoms with Gasteiger partial charge in [0.15, 0.2) is 5.96 Å². The van der Waals surface area contributed by atoms with E-state index < -0.39 is 0 Å². The third kappa shape index (κ3) is 4.92. The molecule has 1 heterocycles.